The maximum Gasteiger partial charge on any atom is 0.125 e. The van der Waals surface area contributed by atoms with Crippen LogP contribution in [-0.4, -0.2) is 49.1 Å². The lowest BCUT2D eigenvalue weighted by Gasteiger charge is -2.26. The Labute approximate surface area is 122 Å². The lowest BCUT2D eigenvalue weighted by molar-refractivity contribution is 0.208. The van der Waals surface area contributed by atoms with Gasteiger partial charge in [0, 0.05) is 43.0 Å². The number of nitrogens with two attached hydrogens (primary N) is 1. The van der Waals surface area contributed by atoms with E-state index in [1.807, 2.05) is 12.1 Å². The molecule has 2 rings (SSSR count). The predicted molar refractivity (Wildman–Crippen MR) is 84.0 cm³/mol. The van der Waals surface area contributed by atoms with Gasteiger partial charge in [-0.2, -0.15) is 0 Å². The third-order valence-corrected chi connectivity index (χ3v) is 4.28. The molecule has 1 fully saturated rings. The molecule has 0 saturated carbocycles. The summed E-state index contributed by atoms with van der Waals surface area (Å²) in [6.45, 7) is 10.0. The first kappa shape index (κ1) is 15.1. The van der Waals surface area contributed by atoms with Gasteiger partial charge < -0.3 is 10.5 Å². The first-order valence-electron chi connectivity index (χ1n) is 7.56. The minimum atomic E-state index is 0.699. The van der Waals surface area contributed by atoms with Crippen LogP contribution in [0.15, 0.2) is 18.2 Å². The minimum absolute atomic E-state index is 0.699. The second kappa shape index (κ2) is 6.95. The van der Waals surface area contributed by atoms with Gasteiger partial charge in [0.1, 0.15) is 5.75 Å². The highest BCUT2D eigenvalue weighted by Gasteiger charge is 2.26. The summed E-state index contributed by atoms with van der Waals surface area (Å²) in [7, 11) is 1.71. The Morgan fingerprint density at radius 1 is 1.35 bits per heavy atom. The molecule has 1 saturated heterocycles. The molecule has 0 spiro atoms. The van der Waals surface area contributed by atoms with E-state index < -0.39 is 0 Å². The molecular formula is C16H27N3O. The SMILES string of the molecule is CCN(CC)C1CCN(Cc2ccc(N)cc2OC)C1. The fourth-order valence-corrected chi connectivity index (χ4v) is 3.13. The molecule has 1 aliphatic heterocycles. The van der Waals surface area contributed by atoms with Crippen molar-refractivity contribution in [2.45, 2.75) is 32.9 Å². The molecule has 0 bridgehead atoms. The van der Waals surface area contributed by atoms with Crippen LogP contribution in [0.25, 0.3) is 0 Å². The number of nitrogen functional groups attached to an aromatic ring is 1. The molecular weight excluding hydrogens is 250 g/mol. The number of hydrogen-bond donors (Lipinski definition) is 1. The lowest BCUT2D eigenvalue weighted by Crippen LogP contribution is -2.37. The van der Waals surface area contributed by atoms with E-state index in [9.17, 15) is 0 Å². The highest BCUT2D eigenvalue weighted by molar-refractivity contribution is 5.48. The third kappa shape index (κ3) is 3.44. The Hall–Kier alpha value is -1.26. The Morgan fingerprint density at radius 3 is 2.75 bits per heavy atom. The van der Waals surface area contributed by atoms with Crippen LogP contribution >= 0.6 is 0 Å². The van der Waals surface area contributed by atoms with Gasteiger partial charge in [0.25, 0.3) is 0 Å². The van der Waals surface area contributed by atoms with E-state index in [2.05, 4.69) is 29.7 Å². The summed E-state index contributed by atoms with van der Waals surface area (Å²) in [5.74, 6) is 0.899. The average molecular weight is 277 g/mol. The Kier molecular flexibility index (Phi) is 5.26. The van der Waals surface area contributed by atoms with Gasteiger partial charge in [-0.05, 0) is 25.6 Å². The van der Waals surface area contributed by atoms with Crippen LogP contribution in [0.4, 0.5) is 5.69 Å². The fraction of sp³-hybridized carbons (Fsp3) is 0.625. The van der Waals surface area contributed by atoms with E-state index in [4.69, 9.17) is 10.5 Å². The number of hydrogen-bond acceptors (Lipinski definition) is 4. The zero-order valence-corrected chi connectivity index (χ0v) is 12.9. The average Bonchev–Trinajstić information content (AvgIpc) is 2.90. The van der Waals surface area contributed by atoms with Gasteiger partial charge in [-0.25, -0.2) is 0 Å². The molecule has 1 aliphatic rings. The monoisotopic (exact) mass is 277 g/mol. The molecule has 1 heterocycles. The number of likely N-dealkylation sites (tertiary alicyclic amines) is 1. The number of methoxy groups -OCH3 is 1. The fourth-order valence-electron chi connectivity index (χ4n) is 3.13. The maximum atomic E-state index is 5.81. The Morgan fingerprint density at radius 2 is 2.10 bits per heavy atom. The van der Waals surface area contributed by atoms with Crippen LogP contribution in [0.1, 0.15) is 25.8 Å². The summed E-state index contributed by atoms with van der Waals surface area (Å²) in [5, 5.41) is 0. The Bertz CT molecular complexity index is 432. The molecule has 0 amide bonds. The first-order valence-corrected chi connectivity index (χ1v) is 7.56. The van der Waals surface area contributed by atoms with Gasteiger partial charge in [-0.3, -0.25) is 9.80 Å². The standard InChI is InChI=1S/C16H27N3O/c1-4-19(5-2)15-8-9-18(12-15)11-13-6-7-14(17)10-16(13)20-3/h6-7,10,15H,4-5,8-9,11-12,17H2,1-3H3. The number of anilines is 1. The van der Waals surface area contributed by atoms with E-state index in [1.54, 1.807) is 7.11 Å². The van der Waals surface area contributed by atoms with Crippen molar-refractivity contribution in [3.63, 3.8) is 0 Å². The molecule has 4 heteroatoms. The molecule has 0 aliphatic carbocycles. The molecule has 0 aromatic heterocycles. The van der Waals surface area contributed by atoms with Crippen molar-refractivity contribution < 1.29 is 4.74 Å². The van der Waals surface area contributed by atoms with Gasteiger partial charge in [0.05, 0.1) is 7.11 Å². The number of ether oxygens (including phenoxy) is 1. The quantitative estimate of drug-likeness (QED) is 0.809. The van der Waals surface area contributed by atoms with Crippen LogP contribution in [0.3, 0.4) is 0 Å². The molecule has 0 radical (unpaired) electrons. The van der Waals surface area contributed by atoms with E-state index in [1.165, 1.54) is 12.0 Å². The zero-order chi connectivity index (χ0) is 14.5. The van der Waals surface area contributed by atoms with Gasteiger partial charge in [-0.15, -0.1) is 0 Å². The highest BCUT2D eigenvalue weighted by atomic mass is 16.5. The van der Waals surface area contributed by atoms with E-state index in [0.717, 1.165) is 44.2 Å². The molecule has 1 atom stereocenters. The molecule has 112 valence electrons. The maximum absolute atomic E-state index is 5.81. The van der Waals surface area contributed by atoms with Crippen LogP contribution < -0.4 is 10.5 Å². The molecule has 1 unspecified atom stereocenters. The van der Waals surface area contributed by atoms with Gasteiger partial charge in [0.15, 0.2) is 0 Å². The van der Waals surface area contributed by atoms with Crippen molar-refractivity contribution in [2.75, 3.05) is 39.0 Å². The summed E-state index contributed by atoms with van der Waals surface area (Å²) in [6, 6.07) is 6.65. The number of likely N-dealkylation sites (N-methyl/N-ethyl adjacent to an activating group) is 1. The number of benzene rings is 1. The molecule has 1 aromatic rings. The van der Waals surface area contributed by atoms with Crippen molar-refractivity contribution in [3.05, 3.63) is 23.8 Å². The molecule has 4 nitrogen and oxygen atoms in total. The number of rotatable bonds is 6. The molecule has 1 aromatic carbocycles. The minimum Gasteiger partial charge on any atom is -0.496 e. The second-order valence-electron chi connectivity index (χ2n) is 5.47. The van der Waals surface area contributed by atoms with Crippen LogP contribution in [0.2, 0.25) is 0 Å². The van der Waals surface area contributed by atoms with Crippen molar-refractivity contribution in [1.29, 1.82) is 0 Å². The lowest BCUT2D eigenvalue weighted by atomic mass is 10.1. The van der Waals surface area contributed by atoms with E-state index >= 15 is 0 Å². The van der Waals surface area contributed by atoms with Crippen LogP contribution in [0.5, 0.6) is 5.75 Å². The summed E-state index contributed by atoms with van der Waals surface area (Å²) in [5.41, 5.74) is 7.79. The predicted octanol–water partition coefficient (Wildman–Crippen LogP) is 2.19. The summed E-state index contributed by atoms with van der Waals surface area (Å²) < 4.78 is 5.44. The number of nitrogens with zero attached hydrogens (tertiary/aromatic N) is 2. The van der Waals surface area contributed by atoms with Gasteiger partial charge in [-0.1, -0.05) is 19.9 Å². The van der Waals surface area contributed by atoms with Crippen LogP contribution in [0, 0.1) is 0 Å². The van der Waals surface area contributed by atoms with Crippen LogP contribution in [-0.2, 0) is 6.54 Å². The molecule has 20 heavy (non-hydrogen) atoms. The van der Waals surface area contributed by atoms with Crippen molar-refractivity contribution >= 4 is 5.69 Å². The third-order valence-electron chi connectivity index (χ3n) is 4.28. The van der Waals surface area contributed by atoms with E-state index in [0.29, 0.717) is 6.04 Å². The Balaban J connectivity index is 1.98. The zero-order valence-electron chi connectivity index (χ0n) is 12.9. The van der Waals surface area contributed by atoms with E-state index in [-0.39, 0.29) is 0 Å². The normalized spacial score (nSPS) is 19.7. The summed E-state index contributed by atoms with van der Waals surface area (Å²) in [6.07, 6.45) is 1.26. The van der Waals surface area contributed by atoms with Crippen molar-refractivity contribution in [1.82, 2.24) is 9.80 Å². The smallest absolute Gasteiger partial charge is 0.125 e. The second-order valence-corrected chi connectivity index (χ2v) is 5.47. The van der Waals surface area contributed by atoms with Crippen molar-refractivity contribution in [2.24, 2.45) is 0 Å². The van der Waals surface area contributed by atoms with Crippen molar-refractivity contribution in [3.8, 4) is 5.75 Å². The summed E-state index contributed by atoms with van der Waals surface area (Å²) >= 11 is 0. The first-order chi connectivity index (χ1) is 9.67. The molecule has 2 N–H and O–H groups in total. The summed E-state index contributed by atoms with van der Waals surface area (Å²) in [4.78, 5) is 5.07. The topological polar surface area (TPSA) is 41.7 Å². The largest absolute Gasteiger partial charge is 0.496 e. The van der Waals surface area contributed by atoms with Gasteiger partial charge in [0.2, 0.25) is 0 Å². The highest BCUT2D eigenvalue weighted by Crippen LogP contribution is 2.25. The van der Waals surface area contributed by atoms with Gasteiger partial charge >= 0.3 is 0 Å².